The van der Waals surface area contributed by atoms with Crippen molar-refractivity contribution >= 4 is 21.7 Å². The number of aryl methyl sites for hydroxylation is 1. The van der Waals surface area contributed by atoms with Crippen molar-refractivity contribution in [2.24, 2.45) is 0 Å². The highest BCUT2D eigenvalue weighted by atomic mass is 79.9. The van der Waals surface area contributed by atoms with Gasteiger partial charge in [0.2, 0.25) is 0 Å². The highest BCUT2D eigenvalue weighted by molar-refractivity contribution is 9.10. The van der Waals surface area contributed by atoms with Crippen LogP contribution in [0.15, 0.2) is 4.47 Å². The van der Waals surface area contributed by atoms with Gasteiger partial charge in [-0.25, -0.2) is 4.68 Å². The summed E-state index contributed by atoms with van der Waals surface area (Å²) in [4.78, 5) is 0. The molecule has 0 radical (unpaired) electrons. The summed E-state index contributed by atoms with van der Waals surface area (Å²) in [5.41, 5.74) is 6.82. The number of ether oxygens (including phenoxy) is 1. The van der Waals surface area contributed by atoms with Crippen molar-refractivity contribution in [2.75, 3.05) is 18.9 Å². The number of nitrogens with two attached hydrogens (primary N) is 1. The molecule has 5 heteroatoms. The molecule has 0 aromatic carbocycles. The van der Waals surface area contributed by atoms with Gasteiger partial charge in [-0.05, 0) is 29.3 Å². The quantitative estimate of drug-likeness (QED) is 0.816. The zero-order valence-corrected chi connectivity index (χ0v) is 9.04. The fraction of sp³-hybridized carbons (Fsp3) is 0.625. The van der Waals surface area contributed by atoms with Gasteiger partial charge in [0.1, 0.15) is 5.82 Å². The smallest absolute Gasteiger partial charge is 0.136 e. The first-order valence-corrected chi connectivity index (χ1v) is 5.07. The van der Waals surface area contributed by atoms with Gasteiger partial charge in [-0.2, -0.15) is 5.10 Å². The van der Waals surface area contributed by atoms with Crippen molar-refractivity contribution in [3.8, 4) is 0 Å². The molecule has 1 aliphatic rings. The topological polar surface area (TPSA) is 53.1 Å². The van der Waals surface area contributed by atoms with Gasteiger partial charge in [-0.3, -0.25) is 0 Å². The van der Waals surface area contributed by atoms with Crippen molar-refractivity contribution in [3.63, 3.8) is 0 Å². The van der Waals surface area contributed by atoms with E-state index in [9.17, 15) is 0 Å². The summed E-state index contributed by atoms with van der Waals surface area (Å²) in [5.74, 6) is 0.702. The highest BCUT2D eigenvalue weighted by Crippen LogP contribution is 2.28. The summed E-state index contributed by atoms with van der Waals surface area (Å²) >= 11 is 3.40. The van der Waals surface area contributed by atoms with Crippen LogP contribution in [0.3, 0.4) is 0 Å². The van der Waals surface area contributed by atoms with Crippen molar-refractivity contribution in [2.45, 2.75) is 19.4 Å². The third kappa shape index (κ3) is 1.46. The lowest BCUT2D eigenvalue weighted by Gasteiger charge is -2.09. The molecule has 2 rings (SSSR count). The van der Waals surface area contributed by atoms with E-state index in [1.807, 2.05) is 11.6 Å². The molecular weight excluding hydrogens is 234 g/mol. The van der Waals surface area contributed by atoms with Gasteiger partial charge in [0.25, 0.3) is 0 Å². The minimum absolute atomic E-state index is 0.310. The molecule has 2 heterocycles. The first-order chi connectivity index (χ1) is 6.20. The van der Waals surface area contributed by atoms with Gasteiger partial charge < -0.3 is 10.5 Å². The van der Waals surface area contributed by atoms with Crippen molar-refractivity contribution in [1.29, 1.82) is 0 Å². The molecule has 1 unspecified atom stereocenters. The minimum atomic E-state index is 0.310. The molecule has 1 aliphatic heterocycles. The van der Waals surface area contributed by atoms with Crippen LogP contribution in [-0.2, 0) is 4.74 Å². The second kappa shape index (κ2) is 3.31. The second-order valence-corrected chi connectivity index (χ2v) is 4.04. The third-order valence-corrected chi connectivity index (χ3v) is 3.28. The van der Waals surface area contributed by atoms with E-state index in [-0.39, 0.29) is 0 Å². The molecule has 1 aromatic rings. The monoisotopic (exact) mass is 245 g/mol. The maximum Gasteiger partial charge on any atom is 0.136 e. The molecule has 0 bridgehead atoms. The Bertz CT molecular complexity index is 317. The Morgan fingerprint density at radius 2 is 2.46 bits per heavy atom. The Hall–Kier alpha value is -0.550. The van der Waals surface area contributed by atoms with Gasteiger partial charge in [0, 0.05) is 6.61 Å². The summed E-state index contributed by atoms with van der Waals surface area (Å²) in [6.07, 6.45) is 0.998. The molecule has 0 amide bonds. The van der Waals surface area contributed by atoms with Crippen LogP contribution in [0.1, 0.15) is 18.2 Å². The van der Waals surface area contributed by atoms with Crippen molar-refractivity contribution in [3.05, 3.63) is 10.2 Å². The maximum atomic E-state index is 5.88. The van der Waals surface area contributed by atoms with Crippen LogP contribution in [0, 0.1) is 6.92 Å². The molecule has 72 valence electrons. The van der Waals surface area contributed by atoms with Gasteiger partial charge >= 0.3 is 0 Å². The standard InChI is InChI=1S/C8H12BrN3O/c1-5-7(9)8(10)12(11-5)6-2-3-13-4-6/h6H,2-4,10H2,1H3. The Balaban J connectivity index is 2.34. The molecule has 2 N–H and O–H groups in total. The van der Waals surface area contributed by atoms with Crippen LogP contribution in [0.2, 0.25) is 0 Å². The maximum absolute atomic E-state index is 5.88. The molecule has 1 aromatic heterocycles. The molecule has 1 atom stereocenters. The van der Waals surface area contributed by atoms with Gasteiger partial charge in [-0.1, -0.05) is 0 Å². The summed E-state index contributed by atoms with van der Waals surface area (Å²) in [5, 5.41) is 4.36. The molecular formula is C8H12BrN3O. The summed E-state index contributed by atoms with van der Waals surface area (Å²) in [6.45, 7) is 3.46. The number of halogens is 1. The third-order valence-electron chi connectivity index (χ3n) is 2.30. The van der Waals surface area contributed by atoms with E-state index in [4.69, 9.17) is 10.5 Å². The van der Waals surface area contributed by atoms with Gasteiger partial charge in [0.15, 0.2) is 0 Å². The Kier molecular flexibility index (Phi) is 2.29. The minimum Gasteiger partial charge on any atom is -0.383 e. The van der Waals surface area contributed by atoms with E-state index in [1.54, 1.807) is 0 Å². The Morgan fingerprint density at radius 1 is 1.69 bits per heavy atom. The van der Waals surface area contributed by atoms with Crippen LogP contribution in [0.5, 0.6) is 0 Å². The van der Waals surface area contributed by atoms with Crippen LogP contribution in [0.25, 0.3) is 0 Å². The number of aromatic nitrogens is 2. The average Bonchev–Trinajstić information content (AvgIpc) is 2.70. The number of nitrogen functional groups attached to an aromatic ring is 1. The predicted octanol–water partition coefficient (Wildman–Crippen LogP) is 1.50. The Morgan fingerprint density at radius 3 is 2.92 bits per heavy atom. The SMILES string of the molecule is Cc1nn(C2CCOC2)c(N)c1Br. The van der Waals surface area contributed by atoms with Crippen LogP contribution in [0.4, 0.5) is 5.82 Å². The highest BCUT2D eigenvalue weighted by Gasteiger charge is 2.22. The lowest BCUT2D eigenvalue weighted by atomic mass is 10.3. The first-order valence-electron chi connectivity index (χ1n) is 4.28. The van der Waals surface area contributed by atoms with E-state index in [0.29, 0.717) is 11.9 Å². The van der Waals surface area contributed by atoms with Crippen LogP contribution >= 0.6 is 15.9 Å². The molecule has 0 spiro atoms. The van der Waals surface area contributed by atoms with Crippen molar-refractivity contribution < 1.29 is 4.74 Å². The molecule has 0 saturated carbocycles. The number of nitrogens with zero attached hydrogens (tertiary/aromatic N) is 2. The zero-order valence-electron chi connectivity index (χ0n) is 7.46. The molecule has 4 nitrogen and oxygen atoms in total. The molecule has 1 saturated heterocycles. The average molecular weight is 246 g/mol. The van der Waals surface area contributed by atoms with E-state index in [1.165, 1.54) is 0 Å². The summed E-state index contributed by atoms with van der Waals surface area (Å²) < 4.78 is 8.04. The number of hydrogen-bond donors (Lipinski definition) is 1. The number of anilines is 1. The van der Waals surface area contributed by atoms with Gasteiger partial charge in [-0.15, -0.1) is 0 Å². The molecule has 13 heavy (non-hydrogen) atoms. The number of hydrogen-bond acceptors (Lipinski definition) is 3. The summed E-state index contributed by atoms with van der Waals surface area (Å²) in [6, 6.07) is 0.310. The van der Waals surface area contributed by atoms with E-state index >= 15 is 0 Å². The van der Waals surface area contributed by atoms with Crippen molar-refractivity contribution in [1.82, 2.24) is 9.78 Å². The summed E-state index contributed by atoms with van der Waals surface area (Å²) in [7, 11) is 0. The lowest BCUT2D eigenvalue weighted by Crippen LogP contribution is -2.13. The second-order valence-electron chi connectivity index (χ2n) is 3.25. The van der Waals surface area contributed by atoms with E-state index in [0.717, 1.165) is 29.8 Å². The normalized spacial score (nSPS) is 22.5. The largest absolute Gasteiger partial charge is 0.383 e. The number of rotatable bonds is 1. The van der Waals surface area contributed by atoms with E-state index < -0.39 is 0 Å². The van der Waals surface area contributed by atoms with E-state index in [2.05, 4.69) is 21.0 Å². The zero-order chi connectivity index (χ0) is 9.42. The molecule has 1 fully saturated rings. The first kappa shape index (κ1) is 9.02. The fourth-order valence-electron chi connectivity index (χ4n) is 1.54. The predicted molar refractivity (Wildman–Crippen MR) is 53.5 cm³/mol. The lowest BCUT2D eigenvalue weighted by molar-refractivity contribution is 0.185. The van der Waals surface area contributed by atoms with Crippen LogP contribution < -0.4 is 5.73 Å². The fourth-order valence-corrected chi connectivity index (χ4v) is 1.80. The van der Waals surface area contributed by atoms with Gasteiger partial charge in [0.05, 0.1) is 22.8 Å². The van der Waals surface area contributed by atoms with Crippen LogP contribution in [-0.4, -0.2) is 23.0 Å². The molecule has 0 aliphatic carbocycles. The Labute approximate surface area is 85.2 Å².